The third-order valence-electron chi connectivity index (χ3n) is 3.18. The van der Waals surface area contributed by atoms with Gasteiger partial charge in [-0.2, -0.15) is 0 Å². The van der Waals surface area contributed by atoms with E-state index in [1.54, 1.807) is 11.3 Å². The van der Waals surface area contributed by atoms with Gasteiger partial charge in [-0.05, 0) is 19.4 Å². The van der Waals surface area contributed by atoms with Crippen LogP contribution in [-0.4, -0.2) is 29.3 Å². The first-order chi connectivity index (χ1) is 8.19. The lowest BCUT2D eigenvalue weighted by atomic mass is 10.00. The van der Waals surface area contributed by atoms with Gasteiger partial charge in [0, 0.05) is 30.3 Å². The Balaban J connectivity index is 1.93. The number of aldehydes is 1. The molecule has 0 aromatic carbocycles. The van der Waals surface area contributed by atoms with E-state index in [0.717, 1.165) is 44.5 Å². The Hall–Kier alpha value is -0.740. The van der Waals surface area contributed by atoms with Gasteiger partial charge in [0.1, 0.15) is 6.29 Å². The molecule has 1 aromatic heterocycles. The molecule has 1 aliphatic heterocycles. The van der Waals surface area contributed by atoms with Gasteiger partial charge >= 0.3 is 0 Å². The quantitative estimate of drug-likeness (QED) is 0.772. The van der Waals surface area contributed by atoms with E-state index < -0.39 is 0 Å². The molecule has 1 saturated heterocycles. The van der Waals surface area contributed by atoms with Gasteiger partial charge in [0.2, 0.25) is 0 Å². The molecule has 1 unspecified atom stereocenters. The minimum Gasteiger partial charge on any atom is -0.303 e. The summed E-state index contributed by atoms with van der Waals surface area (Å²) in [6, 6.07) is 0. The zero-order valence-corrected chi connectivity index (χ0v) is 11.4. The van der Waals surface area contributed by atoms with Crippen molar-refractivity contribution in [2.24, 2.45) is 5.92 Å². The molecule has 4 heteroatoms. The number of hydrogen-bond donors (Lipinski definition) is 0. The molecule has 0 spiro atoms. The Labute approximate surface area is 107 Å². The van der Waals surface area contributed by atoms with Gasteiger partial charge in [-0.25, -0.2) is 4.98 Å². The standard InChI is InChI=1S/C13H20N2OS/c1-10(2)13-14-12(9-17-13)7-15-5-3-4-11(6-15)8-16/h8-11H,3-7H2,1-2H3. The van der Waals surface area contributed by atoms with Gasteiger partial charge in [0.05, 0.1) is 10.7 Å². The van der Waals surface area contributed by atoms with Crippen molar-refractivity contribution < 1.29 is 4.79 Å². The summed E-state index contributed by atoms with van der Waals surface area (Å²) >= 11 is 1.75. The largest absolute Gasteiger partial charge is 0.303 e. The fourth-order valence-corrected chi connectivity index (χ4v) is 3.06. The Kier molecular flexibility index (Phi) is 4.29. The molecule has 1 fully saturated rings. The van der Waals surface area contributed by atoms with Gasteiger partial charge < -0.3 is 4.79 Å². The summed E-state index contributed by atoms with van der Waals surface area (Å²) in [5.41, 5.74) is 1.16. The molecule has 0 saturated carbocycles. The lowest BCUT2D eigenvalue weighted by Gasteiger charge is -2.29. The molecule has 17 heavy (non-hydrogen) atoms. The SMILES string of the molecule is CC(C)c1nc(CN2CCCC(C=O)C2)cs1. The van der Waals surface area contributed by atoms with E-state index in [0.29, 0.717) is 5.92 Å². The first-order valence-electron chi connectivity index (χ1n) is 6.31. The highest BCUT2D eigenvalue weighted by Crippen LogP contribution is 2.22. The fraction of sp³-hybridized carbons (Fsp3) is 0.692. The molecule has 1 aliphatic rings. The smallest absolute Gasteiger partial charge is 0.124 e. The van der Waals surface area contributed by atoms with E-state index in [1.165, 1.54) is 5.01 Å². The molecule has 1 atom stereocenters. The van der Waals surface area contributed by atoms with Crippen molar-refractivity contribution in [1.82, 2.24) is 9.88 Å². The highest BCUT2D eigenvalue weighted by Gasteiger charge is 2.20. The summed E-state index contributed by atoms with van der Waals surface area (Å²) in [5, 5.41) is 3.36. The van der Waals surface area contributed by atoms with Crippen LogP contribution in [0.1, 0.15) is 43.3 Å². The predicted molar refractivity (Wildman–Crippen MR) is 70.3 cm³/mol. The second-order valence-corrected chi connectivity index (χ2v) is 5.99. The first-order valence-corrected chi connectivity index (χ1v) is 7.19. The number of aromatic nitrogens is 1. The fourth-order valence-electron chi connectivity index (χ4n) is 2.24. The van der Waals surface area contributed by atoms with Crippen LogP contribution in [0.4, 0.5) is 0 Å². The molecule has 0 amide bonds. The molecule has 0 bridgehead atoms. The van der Waals surface area contributed by atoms with Crippen molar-refractivity contribution in [2.75, 3.05) is 13.1 Å². The van der Waals surface area contributed by atoms with Crippen molar-refractivity contribution in [3.8, 4) is 0 Å². The van der Waals surface area contributed by atoms with Crippen LogP contribution >= 0.6 is 11.3 Å². The zero-order chi connectivity index (χ0) is 12.3. The van der Waals surface area contributed by atoms with E-state index in [9.17, 15) is 4.79 Å². The normalized spacial score (nSPS) is 21.9. The number of hydrogen-bond acceptors (Lipinski definition) is 4. The number of nitrogens with zero attached hydrogens (tertiary/aromatic N) is 2. The van der Waals surface area contributed by atoms with E-state index in [1.807, 2.05) is 0 Å². The first kappa shape index (κ1) is 12.7. The molecular formula is C13H20N2OS. The van der Waals surface area contributed by atoms with Crippen LogP contribution in [-0.2, 0) is 11.3 Å². The monoisotopic (exact) mass is 252 g/mol. The van der Waals surface area contributed by atoms with Crippen LogP contribution in [0.25, 0.3) is 0 Å². The summed E-state index contributed by atoms with van der Waals surface area (Å²) in [4.78, 5) is 17.8. The van der Waals surface area contributed by atoms with Gasteiger partial charge in [0.25, 0.3) is 0 Å². The molecule has 2 rings (SSSR count). The summed E-state index contributed by atoms with van der Waals surface area (Å²) in [6.07, 6.45) is 3.28. The predicted octanol–water partition coefficient (Wildman–Crippen LogP) is 2.68. The van der Waals surface area contributed by atoms with Crippen LogP contribution < -0.4 is 0 Å². The average molecular weight is 252 g/mol. The Morgan fingerprint density at radius 1 is 1.65 bits per heavy atom. The molecule has 2 heterocycles. The van der Waals surface area contributed by atoms with Crippen molar-refractivity contribution in [1.29, 1.82) is 0 Å². The molecule has 0 radical (unpaired) electrons. The van der Waals surface area contributed by atoms with Crippen LogP contribution in [0.2, 0.25) is 0 Å². The number of likely N-dealkylation sites (tertiary alicyclic amines) is 1. The Morgan fingerprint density at radius 3 is 3.12 bits per heavy atom. The number of thiazole rings is 1. The van der Waals surface area contributed by atoms with E-state index >= 15 is 0 Å². The maximum atomic E-state index is 10.8. The molecule has 0 N–H and O–H groups in total. The van der Waals surface area contributed by atoms with Crippen molar-refractivity contribution in [2.45, 2.75) is 39.2 Å². The second kappa shape index (κ2) is 5.74. The van der Waals surface area contributed by atoms with Crippen molar-refractivity contribution in [3.05, 3.63) is 16.1 Å². The molecular weight excluding hydrogens is 232 g/mol. The number of piperidine rings is 1. The Morgan fingerprint density at radius 2 is 2.47 bits per heavy atom. The number of rotatable bonds is 4. The third-order valence-corrected chi connectivity index (χ3v) is 4.38. The molecule has 0 aliphatic carbocycles. The highest BCUT2D eigenvalue weighted by molar-refractivity contribution is 7.09. The average Bonchev–Trinajstić information content (AvgIpc) is 2.78. The van der Waals surface area contributed by atoms with Gasteiger partial charge in [0.15, 0.2) is 0 Å². The maximum Gasteiger partial charge on any atom is 0.124 e. The van der Waals surface area contributed by atoms with Crippen molar-refractivity contribution >= 4 is 17.6 Å². The van der Waals surface area contributed by atoms with Crippen LogP contribution in [0.3, 0.4) is 0 Å². The summed E-state index contributed by atoms with van der Waals surface area (Å²) < 4.78 is 0. The highest BCUT2D eigenvalue weighted by atomic mass is 32.1. The van der Waals surface area contributed by atoms with Crippen LogP contribution in [0.15, 0.2) is 5.38 Å². The van der Waals surface area contributed by atoms with Gasteiger partial charge in [-0.1, -0.05) is 13.8 Å². The van der Waals surface area contributed by atoms with Crippen LogP contribution in [0, 0.1) is 5.92 Å². The number of carbonyl (C=O) groups is 1. The summed E-state index contributed by atoms with van der Waals surface area (Å²) in [6.45, 7) is 7.24. The lowest BCUT2D eigenvalue weighted by molar-refractivity contribution is -0.112. The Bertz CT molecular complexity index is 375. The summed E-state index contributed by atoms with van der Waals surface area (Å²) in [7, 11) is 0. The maximum absolute atomic E-state index is 10.8. The van der Waals surface area contributed by atoms with Gasteiger partial charge in [-0.15, -0.1) is 11.3 Å². The molecule has 1 aromatic rings. The third kappa shape index (κ3) is 3.36. The number of carbonyl (C=O) groups excluding carboxylic acids is 1. The van der Waals surface area contributed by atoms with Crippen molar-refractivity contribution in [3.63, 3.8) is 0 Å². The zero-order valence-electron chi connectivity index (χ0n) is 10.6. The minimum absolute atomic E-state index is 0.229. The van der Waals surface area contributed by atoms with E-state index in [2.05, 4.69) is 29.1 Å². The van der Waals surface area contributed by atoms with Gasteiger partial charge in [-0.3, -0.25) is 4.90 Å². The van der Waals surface area contributed by atoms with E-state index in [-0.39, 0.29) is 5.92 Å². The topological polar surface area (TPSA) is 33.2 Å². The lowest BCUT2D eigenvalue weighted by Crippen LogP contribution is -2.35. The molecule has 94 valence electrons. The van der Waals surface area contributed by atoms with Crippen LogP contribution in [0.5, 0.6) is 0 Å². The summed E-state index contributed by atoms with van der Waals surface area (Å²) in [5.74, 6) is 0.741. The molecule has 3 nitrogen and oxygen atoms in total. The minimum atomic E-state index is 0.229. The van der Waals surface area contributed by atoms with E-state index in [4.69, 9.17) is 0 Å². The second-order valence-electron chi connectivity index (χ2n) is 5.11.